The van der Waals surface area contributed by atoms with Crippen molar-refractivity contribution < 1.29 is 4.74 Å². The van der Waals surface area contributed by atoms with Crippen molar-refractivity contribution >= 4 is 0 Å². The molecule has 3 heteroatoms. The molecule has 2 aliphatic heterocycles. The normalized spacial score (nSPS) is 30.9. The molecule has 0 amide bonds. The monoisotopic (exact) mass is 228 g/mol. The molecule has 0 spiro atoms. The molecular weight excluding hydrogens is 212 g/mol. The minimum atomic E-state index is 0.267. The fraction of sp³-hybridized carbons (Fsp3) is 0.500. The molecule has 3 rings (SSSR count). The van der Waals surface area contributed by atoms with Crippen LogP contribution in [0.4, 0.5) is 0 Å². The highest BCUT2D eigenvalue weighted by Crippen LogP contribution is 2.30. The molecular formula is C14H16N2O. The average Bonchev–Trinajstić information content (AvgIpc) is 2.69. The molecule has 2 unspecified atom stereocenters. The van der Waals surface area contributed by atoms with E-state index in [0.717, 1.165) is 18.6 Å². The number of piperidine rings is 1. The van der Waals surface area contributed by atoms with Gasteiger partial charge >= 0.3 is 0 Å². The van der Waals surface area contributed by atoms with Gasteiger partial charge in [-0.3, -0.25) is 0 Å². The van der Waals surface area contributed by atoms with Crippen molar-refractivity contribution in [3.63, 3.8) is 0 Å². The predicted octanol–water partition coefficient (Wildman–Crippen LogP) is 2.22. The molecule has 0 aromatic heterocycles. The van der Waals surface area contributed by atoms with Crippen molar-refractivity contribution in [2.75, 3.05) is 0 Å². The van der Waals surface area contributed by atoms with Crippen molar-refractivity contribution in [2.45, 2.75) is 43.9 Å². The summed E-state index contributed by atoms with van der Waals surface area (Å²) in [5.74, 6) is 0.737. The maximum Gasteiger partial charge on any atom is 0.137 e. The highest BCUT2D eigenvalue weighted by molar-refractivity contribution is 5.42. The Morgan fingerprint density at radius 1 is 1.18 bits per heavy atom. The molecule has 2 bridgehead atoms. The van der Waals surface area contributed by atoms with Gasteiger partial charge in [0.15, 0.2) is 0 Å². The van der Waals surface area contributed by atoms with Gasteiger partial charge in [0.25, 0.3) is 0 Å². The van der Waals surface area contributed by atoms with Crippen molar-refractivity contribution in [1.29, 1.82) is 5.26 Å². The van der Waals surface area contributed by atoms with E-state index in [1.54, 1.807) is 0 Å². The quantitative estimate of drug-likeness (QED) is 0.844. The van der Waals surface area contributed by atoms with Crippen molar-refractivity contribution in [2.24, 2.45) is 0 Å². The number of hydrogen-bond acceptors (Lipinski definition) is 3. The topological polar surface area (TPSA) is 45.0 Å². The molecule has 88 valence electrons. The van der Waals surface area contributed by atoms with Gasteiger partial charge in [-0.15, -0.1) is 0 Å². The Morgan fingerprint density at radius 2 is 1.88 bits per heavy atom. The average molecular weight is 228 g/mol. The zero-order valence-corrected chi connectivity index (χ0v) is 9.73. The third kappa shape index (κ3) is 2.13. The van der Waals surface area contributed by atoms with Crippen LogP contribution in [-0.4, -0.2) is 18.2 Å². The highest BCUT2D eigenvalue weighted by atomic mass is 16.5. The van der Waals surface area contributed by atoms with E-state index in [4.69, 9.17) is 10.00 Å². The summed E-state index contributed by atoms with van der Waals surface area (Å²) in [4.78, 5) is 0. The Bertz CT molecular complexity index is 440. The maximum atomic E-state index is 9.02. The number of nitriles is 1. The first kappa shape index (κ1) is 10.6. The lowest BCUT2D eigenvalue weighted by atomic mass is 10.0. The highest BCUT2D eigenvalue weighted by Gasteiger charge is 2.34. The van der Waals surface area contributed by atoms with E-state index in [2.05, 4.69) is 11.4 Å². The van der Waals surface area contributed by atoms with Crippen LogP contribution < -0.4 is 10.1 Å². The summed E-state index contributed by atoms with van der Waals surface area (Å²) in [5, 5.41) is 12.6. The van der Waals surface area contributed by atoms with E-state index in [1.165, 1.54) is 12.8 Å². The molecule has 17 heavy (non-hydrogen) atoms. The minimum Gasteiger partial charge on any atom is -0.489 e. The van der Waals surface area contributed by atoms with Crippen LogP contribution in [0.5, 0.6) is 5.75 Å². The van der Waals surface area contributed by atoms with Crippen LogP contribution in [0.1, 0.15) is 31.2 Å². The minimum absolute atomic E-state index is 0.267. The number of para-hydroxylation sites is 1. The number of nitrogens with zero attached hydrogens (tertiary/aromatic N) is 1. The SMILES string of the molecule is N#Cc1ccccc1OC1CC2CCC(C1)N2. The lowest BCUT2D eigenvalue weighted by Crippen LogP contribution is -2.42. The fourth-order valence-electron chi connectivity index (χ4n) is 2.94. The molecule has 1 aromatic rings. The molecule has 2 fully saturated rings. The van der Waals surface area contributed by atoms with Crippen LogP contribution in [-0.2, 0) is 0 Å². The van der Waals surface area contributed by atoms with Gasteiger partial charge in [0, 0.05) is 12.1 Å². The van der Waals surface area contributed by atoms with Crippen molar-refractivity contribution in [1.82, 2.24) is 5.32 Å². The van der Waals surface area contributed by atoms with E-state index in [9.17, 15) is 0 Å². The van der Waals surface area contributed by atoms with Crippen LogP contribution in [0.3, 0.4) is 0 Å². The summed E-state index contributed by atoms with van der Waals surface area (Å²) < 4.78 is 6.00. The van der Waals surface area contributed by atoms with Crippen LogP contribution >= 0.6 is 0 Å². The van der Waals surface area contributed by atoms with E-state index in [0.29, 0.717) is 17.6 Å². The second-order valence-corrected chi connectivity index (χ2v) is 4.96. The Morgan fingerprint density at radius 3 is 2.59 bits per heavy atom. The Labute approximate surface area is 101 Å². The molecule has 2 atom stereocenters. The van der Waals surface area contributed by atoms with Gasteiger partial charge in [0.2, 0.25) is 0 Å². The van der Waals surface area contributed by atoms with E-state index in [-0.39, 0.29) is 6.10 Å². The summed E-state index contributed by atoms with van der Waals surface area (Å²) >= 11 is 0. The summed E-state index contributed by atoms with van der Waals surface area (Å²) in [6.45, 7) is 0. The molecule has 1 N–H and O–H groups in total. The first-order valence-electron chi connectivity index (χ1n) is 6.27. The third-order valence-corrected chi connectivity index (χ3v) is 3.73. The lowest BCUT2D eigenvalue weighted by molar-refractivity contribution is 0.137. The molecule has 1 aromatic carbocycles. The molecule has 0 aliphatic carbocycles. The van der Waals surface area contributed by atoms with E-state index < -0.39 is 0 Å². The van der Waals surface area contributed by atoms with E-state index >= 15 is 0 Å². The predicted molar refractivity (Wildman–Crippen MR) is 64.8 cm³/mol. The zero-order chi connectivity index (χ0) is 11.7. The van der Waals surface area contributed by atoms with Gasteiger partial charge in [-0.25, -0.2) is 0 Å². The molecule has 0 radical (unpaired) electrons. The Balaban J connectivity index is 1.73. The van der Waals surface area contributed by atoms with Crippen LogP contribution in [0.25, 0.3) is 0 Å². The number of nitrogens with one attached hydrogen (secondary N) is 1. The van der Waals surface area contributed by atoms with Gasteiger partial charge < -0.3 is 10.1 Å². The van der Waals surface area contributed by atoms with Gasteiger partial charge in [-0.1, -0.05) is 12.1 Å². The Kier molecular flexibility index (Phi) is 2.74. The van der Waals surface area contributed by atoms with Gasteiger partial charge in [0.05, 0.1) is 5.56 Å². The number of benzene rings is 1. The second kappa shape index (κ2) is 4.38. The van der Waals surface area contributed by atoms with Crippen LogP contribution in [0.15, 0.2) is 24.3 Å². The molecule has 3 nitrogen and oxygen atoms in total. The molecule has 2 aliphatic rings. The number of fused-ring (bicyclic) bond motifs is 2. The fourth-order valence-corrected chi connectivity index (χ4v) is 2.94. The molecule has 2 saturated heterocycles. The van der Waals surface area contributed by atoms with Crippen LogP contribution in [0.2, 0.25) is 0 Å². The summed E-state index contributed by atoms with van der Waals surface area (Å²) in [7, 11) is 0. The van der Waals surface area contributed by atoms with Gasteiger partial charge in [-0.05, 0) is 37.8 Å². The van der Waals surface area contributed by atoms with Crippen LogP contribution in [0, 0.1) is 11.3 Å². The third-order valence-electron chi connectivity index (χ3n) is 3.73. The van der Waals surface area contributed by atoms with Crippen molar-refractivity contribution in [3.05, 3.63) is 29.8 Å². The second-order valence-electron chi connectivity index (χ2n) is 4.96. The number of ether oxygens (including phenoxy) is 1. The van der Waals surface area contributed by atoms with Gasteiger partial charge in [0.1, 0.15) is 17.9 Å². The Hall–Kier alpha value is -1.53. The largest absolute Gasteiger partial charge is 0.489 e. The molecule has 2 heterocycles. The first-order valence-corrected chi connectivity index (χ1v) is 6.27. The summed E-state index contributed by atoms with van der Waals surface area (Å²) in [6.07, 6.45) is 4.93. The molecule has 0 saturated carbocycles. The standard InChI is InChI=1S/C14H16N2O/c15-9-10-3-1-2-4-14(10)17-13-7-11-5-6-12(8-13)16-11/h1-4,11-13,16H,5-8H2. The summed E-state index contributed by atoms with van der Waals surface area (Å²) in [5.41, 5.74) is 0.637. The smallest absolute Gasteiger partial charge is 0.137 e. The van der Waals surface area contributed by atoms with Gasteiger partial charge in [-0.2, -0.15) is 5.26 Å². The zero-order valence-electron chi connectivity index (χ0n) is 9.73. The number of hydrogen-bond donors (Lipinski definition) is 1. The van der Waals surface area contributed by atoms with E-state index in [1.807, 2.05) is 24.3 Å². The summed E-state index contributed by atoms with van der Waals surface area (Å²) in [6, 6.07) is 10.9. The van der Waals surface area contributed by atoms with Crippen molar-refractivity contribution in [3.8, 4) is 11.8 Å². The maximum absolute atomic E-state index is 9.02. The number of rotatable bonds is 2. The first-order chi connectivity index (χ1) is 8.35. The lowest BCUT2D eigenvalue weighted by Gasteiger charge is -2.29.